The lowest BCUT2D eigenvalue weighted by Crippen LogP contribution is -2.80. The number of ketones is 2. The standard InChI is InChI=1S/C31H41NO4/c1-25(2)11-8-17-9-13-28(6)27(5)12-10-19-26(3,4)23(34)30(16-32)24(36-30)29(19,7)20(27)14-21(33)31(28)22(17)18(15-25)35-31/h14,17-19,22,24H,8-13,15H2,1-7H3/t17?,18?,19-,22?,24+,27+,28-,29-,30-,31-/m0/s1. The molecule has 2 saturated heterocycles. The van der Waals surface area contributed by atoms with Gasteiger partial charge in [-0.25, -0.2) is 0 Å². The zero-order valence-corrected chi connectivity index (χ0v) is 23.0. The molecule has 36 heavy (non-hydrogen) atoms. The van der Waals surface area contributed by atoms with Crippen LogP contribution in [0.3, 0.4) is 0 Å². The highest BCUT2D eigenvalue weighted by atomic mass is 16.6. The molecule has 7 aliphatic rings. The summed E-state index contributed by atoms with van der Waals surface area (Å²) in [7, 11) is 0. The molecule has 0 aromatic heterocycles. The van der Waals surface area contributed by atoms with Gasteiger partial charge in [0.15, 0.2) is 11.6 Å². The van der Waals surface area contributed by atoms with E-state index in [-0.39, 0.29) is 39.8 Å². The summed E-state index contributed by atoms with van der Waals surface area (Å²) >= 11 is 0. The molecular weight excluding hydrogens is 450 g/mol. The van der Waals surface area contributed by atoms with E-state index in [0.717, 1.165) is 37.7 Å². The van der Waals surface area contributed by atoms with Crippen LogP contribution in [0.2, 0.25) is 0 Å². The van der Waals surface area contributed by atoms with Crippen molar-refractivity contribution in [3.8, 4) is 6.07 Å². The van der Waals surface area contributed by atoms with Crippen molar-refractivity contribution in [3.63, 3.8) is 0 Å². The van der Waals surface area contributed by atoms with Crippen LogP contribution in [0.4, 0.5) is 0 Å². The van der Waals surface area contributed by atoms with Gasteiger partial charge in [-0.15, -0.1) is 0 Å². The van der Waals surface area contributed by atoms with Gasteiger partial charge in [0.2, 0.25) is 5.60 Å². The molecule has 5 aliphatic carbocycles. The minimum Gasteiger partial charge on any atom is -0.362 e. The molecule has 6 fully saturated rings. The van der Waals surface area contributed by atoms with E-state index in [1.807, 2.05) is 19.9 Å². The van der Waals surface area contributed by atoms with Gasteiger partial charge in [0.1, 0.15) is 17.8 Å². The van der Waals surface area contributed by atoms with Gasteiger partial charge in [0.25, 0.3) is 0 Å². The summed E-state index contributed by atoms with van der Waals surface area (Å²) in [5.41, 5.74) is -2.48. The van der Waals surface area contributed by atoms with E-state index in [0.29, 0.717) is 11.8 Å². The van der Waals surface area contributed by atoms with E-state index in [1.54, 1.807) is 0 Å². The molecule has 2 aliphatic heterocycles. The number of nitriles is 1. The lowest BCUT2D eigenvalue weighted by molar-refractivity contribution is -0.343. The number of hydrogen-bond acceptors (Lipinski definition) is 5. The third kappa shape index (κ3) is 2.15. The lowest BCUT2D eigenvalue weighted by Gasteiger charge is -2.74. The van der Waals surface area contributed by atoms with Crippen LogP contribution in [0.1, 0.15) is 93.4 Å². The van der Waals surface area contributed by atoms with Gasteiger partial charge in [-0.05, 0) is 73.7 Å². The number of ether oxygens (including phenoxy) is 2. The number of Topliss-reactive ketones (excluding diaryl/α,β-unsaturated/α-hetero) is 1. The van der Waals surface area contributed by atoms with Gasteiger partial charge in [-0.2, -0.15) is 5.26 Å². The number of carbonyl (C=O) groups excluding carboxylic acids is 2. The number of fused-ring (bicyclic) bond motifs is 6. The molecule has 0 radical (unpaired) electrons. The predicted molar refractivity (Wildman–Crippen MR) is 134 cm³/mol. The smallest absolute Gasteiger partial charge is 0.240 e. The average Bonchev–Trinajstić information content (AvgIpc) is 3.56. The SMILES string of the molecule is CC1(C)CCC2CC[C@@]3(C)[C@]4(C)CC[C@H]5C(C)(C)C(=O)[C@]6(C#N)O[C@@H]6[C@]5(C)C4=CC(=O)[C@@]34OC(C1)C24. The molecular formula is C31H41NO4. The number of rotatable bonds is 0. The Kier molecular flexibility index (Phi) is 4.07. The Balaban J connectivity index is 1.39. The van der Waals surface area contributed by atoms with Gasteiger partial charge in [-0.1, -0.05) is 54.0 Å². The Labute approximate surface area is 215 Å². The van der Waals surface area contributed by atoms with Crippen LogP contribution in [0.15, 0.2) is 11.6 Å². The number of hydrogen-bond donors (Lipinski definition) is 0. The first-order valence-electron chi connectivity index (χ1n) is 14.2. The lowest BCUT2D eigenvalue weighted by atomic mass is 9.33. The van der Waals surface area contributed by atoms with Crippen LogP contribution in [-0.2, 0) is 19.1 Å². The first-order chi connectivity index (χ1) is 16.7. The van der Waals surface area contributed by atoms with E-state index < -0.39 is 28.1 Å². The second-order valence-electron chi connectivity index (χ2n) is 15.5. The summed E-state index contributed by atoms with van der Waals surface area (Å²) in [6.45, 7) is 15.6. The summed E-state index contributed by atoms with van der Waals surface area (Å²) in [4.78, 5) is 27.9. The summed E-state index contributed by atoms with van der Waals surface area (Å²) in [6.07, 6.45) is 9.03. The highest BCUT2D eigenvalue weighted by molar-refractivity contribution is 6.03. The summed E-state index contributed by atoms with van der Waals surface area (Å²) in [6, 6.07) is 2.26. The zero-order chi connectivity index (χ0) is 25.9. The maximum atomic E-state index is 14.5. The van der Waals surface area contributed by atoms with Crippen molar-refractivity contribution in [1.82, 2.24) is 0 Å². The highest BCUT2D eigenvalue weighted by Gasteiger charge is 2.85. The highest BCUT2D eigenvalue weighted by Crippen LogP contribution is 2.79. The monoisotopic (exact) mass is 491 g/mol. The van der Waals surface area contributed by atoms with Crippen LogP contribution in [0, 0.1) is 56.2 Å². The van der Waals surface area contributed by atoms with E-state index >= 15 is 0 Å². The molecule has 0 bridgehead atoms. The van der Waals surface area contributed by atoms with Crippen LogP contribution in [-0.4, -0.2) is 35.0 Å². The van der Waals surface area contributed by atoms with Crippen LogP contribution < -0.4 is 0 Å². The first kappa shape index (κ1) is 23.6. The predicted octanol–water partition coefficient (Wildman–Crippen LogP) is 5.57. The molecule has 2 heterocycles. The molecule has 5 nitrogen and oxygen atoms in total. The van der Waals surface area contributed by atoms with Crippen LogP contribution in [0.25, 0.3) is 0 Å². The van der Waals surface area contributed by atoms with Crippen LogP contribution >= 0.6 is 0 Å². The van der Waals surface area contributed by atoms with Gasteiger partial charge in [0, 0.05) is 22.2 Å². The fraction of sp³-hybridized carbons (Fsp3) is 0.839. The van der Waals surface area contributed by atoms with Crippen molar-refractivity contribution >= 4 is 11.6 Å². The second kappa shape index (κ2) is 6.20. The second-order valence-corrected chi connectivity index (χ2v) is 15.5. The van der Waals surface area contributed by atoms with Crippen LogP contribution in [0.5, 0.6) is 0 Å². The minimum atomic E-state index is -1.37. The maximum absolute atomic E-state index is 14.5. The van der Waals surface area contributed by atoms with E-state index in [4.69, 9.17) is 9.47 Å². The molecule has 1 spiro atoms. The molecule has 10 atom stereocenters. The van der Waals surface area contributed by atoms with Crippen molar-refractivity contribution in [2.75, 3.05) is 0 Å². The Bertz CT molecular complexity index is 1190. The topological polar surface area (TPSA) is 79.7 Å². The van der Waals surface area contributed by atoms with Gasteiger partial charge < -0.3 is 9.47 Å². The van der Waals surface area contributed by atoms with Gasteiger partial charge in [-0.3, -0.25) is 9.59 Å². The first-order valence-corrected chi connectivity index (χ1v) is 14.2. The summed E-state index contributed by atoms with van der Waals surface area (Å²) < 4.78 is 13.0. The quantitative estimate of drug-likeness (QED) is 0.414. The summed E-state index contributed by atoms with van der Waals surface area (Å²) in [5, 5.41) is 10.1. The fourth-order valence-electron chi connectivity index (χ4n) is 11.3. The van der Waals surface area contributed by atoms with Crippen molar-refractivity contribution in [3.05, 3.63) is 11.6 Å². The van der Waals surface area contributed by atoms with Crippen molar-refractivity contribution in [2.45, 2.75) is 117 Å². The van der Waals surface area contributed by atoms with E-state index in [9.17, 15) is 14.9 Å². The van der Waals surface area contributed by atoms with Gasteiger partial charge >= 0.3 is 0 Å². The van der Waals surface area contributed by atoms with E-state index in [1.165, 1.54) is 12.8 Å². The third-order valence-corrected chi connectivity index (χ3v) is 13.3. The Morgan fingerprint density at radius 3 is 2.33 bits per heavy atom. The largest absolute Gasteiger partial charge is 0.362 e. The summed E-state index contributed by atoms with van der Waals surface area (Å²) in [5.74, 6) is 0.956. The van der Waals surface area contributed by atoms with Crippen molar-refractivity contribution in [2.24, 2.45) is 44.8 Å². The normalized spacial score (nSPS) is 57.3. The molecule has 4 saturated carbocycles. The Morgan fingerprint density at radius 1 is 0.944 bits per heavy atom. The molecule has 5 heteroatoms. The maximum Gasteiger partial charge on any atom is 0.240 e. The molecule has 194 valence electrons. The number of epoxide rings is 1. The molecule has 7 rings (SSSR count). The number of nitrogens with zero attached hydrogens (tertiary/aromatic N) is 1. The molecule has 0 amide bonds. The Morgan fingerprint density at radius 2 is 1.64 bits per heavy atom. The molecule has 3 unspecified atom stereocenters. The number of carbonyl (C=O) groups is 2. The third-order valence-electron chi connectivity index (χ3n) is 13.3. The zero-order valence-electron chi connectivity index (χ0n) is 23.0. The minimum absolute atomic E-state index is 0.0429. The molecule has 0 aromatic rings. The van der Waals surface area contributed by atoms with Gasteiger partial charge in [0.05, 0.1) is 6.10 Å². The molecule has 0 N–H and O–H groups in total. The van der Waals surface area contributed by atoms with Crippen molar-refractivity contribution < 1.29 is 19.1 Å². The van der Waals surface area contributed by atoms with E-state index in [2.05, 4.69) is 40.7 Å². The fourth-order valence-corrected chi connectivity index (χ4v) is 11.3. The Hall–Kier alpha value is -1.51. The average molecular weight is 492 g/mol. The molecule has 0 aromatic carbocycles. The van der Waals surface area contributed by atoms with Crippen molar-refractivity contribution in [1.29, 1.82) is 5.26 Å².